The van der Waals surface area contributed by atoms with Gasteiger partial charge in [0.2, 0.25) is 5.91 Å². The zero-order valence-electron chi connectivity index (χ0n) is 9.08. The van der Waals surface area contributed by atoms with E-state index >= 15 is 0 Å². The summed E-state index contributed by atoms with van der Waals surface area (Å²) < 4.78 is 0. The van der Waals surface area contributed by atoms with Crippen molar-refractivity contribution in [2.75, 3.05) is 6.54 Å². The van der Waals surface area contributed by atoms with Crippen molar-refractivity contribution in [1.29, 1.82) is 0 Å². The SMILES string of the molecule is Cc1ccc(C2NCC(C)NC2=O)cc1. The van der Waals surface area contributed by atoms with Crippen molar-refractivity contribution >= 4 is 5.91 Å². The zero-order chi connectivity index (χ0) is 10.8. The second-order valence-electron chi connectivity index (χ2n) is 4.16. The van der Waals surface area contributed by atoms with Gasteiger partial charge in [-0.05, 0) is 19.4 Å². The lowest BCUT2D eigenvalue weighted by Gasteiger charge is -2.28. The van der Waals surface area contributed by atoms with Gasteiger partial charge in [0.15, 0.2) is 0 Å². The van der Waals surface area contributed by atoms with E-state index in [0.717, 1.165) is 12.1 Å². The third-order valence-corrected chi connectivity index (χ3v) is 2.69. The molecule has 80 valence electrons. The summed E-state index contributed by atoms with van der Waals surface area (Å²) in [6.45, 7) is 4.86. The molecule has 3 nitrogen and oxygen atoms in total. The molecule has 0 bridgehead atoms. The van der Waals surface area contributed by atoms with E-state index in [1.807, 2.05) is 38.1 Å². The predicted octanol–water partition coefficient (Wildman–Crippen LogP) is 1.14. The molecule has 1 aromatic carbocycles. The first-order chi connectivity index (χ1) is 7.16. The Hall–Kier alpha value is -1.35. The van der Waals surface area contributed by atoms with Crippen molar-refractivity contribution in [3.8, 4) is 0 Å². The molecule has 2 atom stereocenters. The van der Waals surface area contributed by atoms with Crippen LogP contribution in [0.1, 0.15) is 24.1 Å². The van der Waals surface area contributed by atoms with Crippen LogP contribution < -0.4 is 10.6 Å². The highest BCUT2D eigenvalue weighted by Crippen LogP contribution is 2.16. The van der Waals surface area contributed by atoms with Crippen LogP contribution in [0.2, 0.25) is 0 Å². The third kappa shape index (κ3) is 2.18. The van der Waals surface area contributed by atoms with E-state index in [1.54, 1.807) is 0 Å². The van der Waals surface area contributed by atoms with Gasteiger partial charge in [-0.15, -0.1) is 0 Å². The van der Waals surface area contributed by atoms with Gasteiger partial charge in [0.05, 0.1) is 0 Å². The van der Waals surface area contributed by atoms with Gasteiger partial charge in [-0.25, -0.2) is 0 Å². The van der Waals surface area contributed by atoms with Gasteiger partial charge >= 0.3 is 0 Å². The van der Waals surface area contributed by atoms with Crippen molar-refractivity contribution in [3.05, 3.63) is 35.4 Å². The van der Waals surface area contributed by atoms with E-state index in [4.69, 9.17) is 0 Å². The molecular formula is C12H16N2O. The van der Waals surface area contributed by atoms with Crippen LogP contribution in [-0.4, -0.2) is 18.5 Å². The number of aryl methyl sites for hydroxylation is 1. The molecular weight excluding hydrogens is 188 g/mol. The first-order valence-corrected chi connectivity index (χ1v) is 5.27. The Morgan fingerprint density at radius 2 is 1.93 bits per heavy atom. The molecule has 0 radical (unpaired) electrons. The standard InChI is InChI=1S/C12H16N2O/c1-8-3-5-10(6-4-8)11-12(15)14-9(2)7-13-11/h3-6,9,11,13H,7H2,1-2H3,(H,14,15). The van der Waals surface area contributed by atoms with Crippen LogP contribution in [0, 0.1) is 6.92 Å². The summed E-state index contributed by atoms with van der Waals surface area (Å²) in [5, 5.41) is 6.18. The van der Waals surface area contributed by atoms with Crippen molar-refractivity contribution in [2.45, 2.75) is 25.9 Å². The Morgan fingerprint density at radius 1 is 1.27 bits per heavy atom. The minimum Gasteiger partial charge on any atom is -0.351 e. The molecule has 1 amide bonds. The van der Waals surface area contributed by atoms with Gasteiger partial charge < -0.3 is 10.6 Å². The number of hydrogen-bond acceptors (Lipinski definition) is 2. The summed E-state index contributed by atoms with van der Waals surface area (Å²) in [6.07, 6.45) is 0. The zero-order valence-corrected chi connectivity index (χ0v) is 9.08. The highest BCUT2D eigenvalue weighted by atomic mass is 16.2. The molecule has 1 fully saturated rings. The van der Waals surface area contributed by atoms with Gasteiger partial charge in [-0.2, -0.15) is 0 Å². The molecule has 3 heteroatoms. The van der Waals surface area contributed by atoms with E-state index in [-0.39, 0.29) is 18.0 Å². The van der Waals surface area contributed by atoms with E-state index in [1.165, 1.54) is 5.56 Å². The fraction of sp³-hybridized carbons (Fsp3) is 0.417. The van der Waals surface area contributed by atoms with E-state index < -0.39 is 0 Å². The third-order valence-electron chi connectivity index (χ3n) is 2.69. The van der Waals surface area contributed by atoms with Crippen molar-refractivity contribution in [1.82, 2.24) is 10.6 Å². The summed E-state index contributed by atoms with van der Waals surface area (Å²) in [6, 6.07) is 8.09. The van der Waals surface area contributed by atoms with E-state index in [2.05, 4.69) is 10.6 Å². The molecule has 1 aliphatic heterocycles. The summed E-state index contributed by atoms with van der Waals surface area (Å²) in [4.78, 5) is 11.7. The number of hydrogen-bond donors (Lipinski definition) is 2. The van der Waals surface area contributed by atoms with Gasteiger partial charge in [-0.3, -0.25) is 4.79 Å². The van der Waals surface area contributed by atoms with Crippen LogP contribution >= 0.6 is 0 Å². The lowest BCUT2D eigenvalue weighted by Crippen LogP contribution is -2.52. The first-order valence-electron chi connectivity index (χ1n) is 5.27. The second kappa shape index (κ2) is 4.03. The van der Waals surface area contributed by atoms with Crippen molar-refractivity contribution in [2.24, 2.45) is 0 Å². The van der Waals surface area contributed by atoms with E-state index in [9.17, 15) is 4.79 Å². The van der Waals surface area contributed by atoms with Crippen molar-refractivity contribution < 1.29 is 4.79 Å². The number of benzene rings is 1. The average Bonchev–Trinajstić information content (AvgIpc) is 2.20. The number of amides is 1. The van der Waals surface area contributed by atoms with E-state index in [0.29, 0.717) is 0 Å². The molecule has 1 heterocycles. The summed E-state index contributed by atoms with van der Waals surface area (Å²) in [7, 11) is 0. The molecule has 0 aliphatic carbocycles. The molecule has 0 saturated carbocycles. The minimum atomic E-state index is -0.193. The molecule has 15 heavy (non-hydrogen) atoms. The fourth-order valence-electron chi connectivity index (χ4n) is 1.79. The molecule has 1 saturated heterocycles. The molecule has 2 N–H and O–H groups in total. The molecule has 1 aromatic rings. The van der Waals surface area contributed by atoms with Crippen LogP contribution in [0.4, 0.5) is 0 Å². The molecule has 0 aromatic heterocycles. The highest BCUT2D eigenvalue weighted by Gasteiger charge is 2.26. The van der Waals surface area contributed by atoms with Crippen LogP contribution in [0.15, 0.2) is 24.3 Å². The van der Waals surface area contributed by atoms with Crippen LogP contribution in [0.5, 0.6) is 0 Å². The summed E-state index contributed by atoms with van der Waals surface area (Å²) in [5.74, 6) is 0.0672. The van der Waals surface area contributed by atoms with Crippen LogP contribution in [-0.2, 0) is 4.79 Å². The normalized spacial score (nSPS) is 26.1. The maximum Gasteiger partial charge on any atom is 0.241 e. The quantitative estimate of drug-likeness (QED) is 0.720. The predicted molar refractivity (Wildman–Crippen MR) is 59.5 cm³/mol. The summed E-state index contributed by atoms with van der Waals surface area (Å²) >= 11 is 0. The first kappa shape index (κ1) is 10.2. The largest absolute Gasteiger partial charge is 0.351 e. The lowest BCUT2D eigenvalue weighted by molar-refractivity contribution is -0.125. The fourth-order valence-corrected chi connectivity index (χ4v) is 1.79. The van der Waals surface area contributed by atoms with Gasteiger partial charge in [0.1, 0.15) is 6.04 Å². The number of rotatable bonds is 1. The number of carbonyl (C=O) groups is 1. The van der Waals surface area contributed by atoms with Gasteiger partial charge in [0.25, 0.3) is 0 Å². The Bertz CT molecular complexity index is 358. The Labute approximate surface area is 89.9 Å². The molecule has 1 aliphatic rings. The monoisotopic (exact) mass is 204 g/mol. The molecule has 2 unspecified atom stereocenters. The molecule has 2 rings (SSSR count). The highest BCUT2D eigenvalue weighted by molar-refractivity contribution is 5.84. The topological polar surface area (TPSA) is 41.1 Å². The Kier molecular flexibility index (Phi) is 2.73. The number of nitrogens with one attached hydrogen (secondary N) is 2. The Morgan fingerprint density at radius 3 is 2.53 bits per heavy atom. The number of carbonyl (C=O) groups excluding carboxylic acids is 1. The number of piperazine rings is 1. The second-order valence-corrected chi connectivity index (χ2v) is 4.16. The smallest absolute Gasteiger partial charge is 0.241 e. The van der Waals surface area contributed by atoms with Crippen LogP contribution in [0.25, 0.3) is 0 Å². The van der Waals surface area contributed by atoms with Gasteiger partial charge in [0, 0.05) is 12.6 Å². The lowest BCUT2D eigenvalue weighted by atomic mass is 10.0. The average molecular weight is 204 g/mol. The summed E-state index contributed by atoms with van der Waals surface area (Å²) in [5.41, 5.74) is 2.24. The molecule has 0 spiro atoms. The minimum absolute atomic E-state index is 0.0672. The maximum absolute atomic E-state index is 11.7. The van der Waals surface area contributed by atoms with Crippen LogP contribution in [0.3, 0.4) is 0 Å². The maximum atomic E-state index is 11.7. The Balaban J connectivity index is 2.17. The van der Waals surface area contributed by atoms with Crippen molar-refractivity contribution in [3.63, 3.8) is 0 Å². The van der Waals surface area contributed by atoms with Gasteiger partial charge in [-0.1, -0.05) is 29.8 Å².